The summed E-state index contributed by atoms with van der Waals surface area (Å²) in [4.78, 5) is 18.9. The van der Waals surface area contributed by atoms with Gasteiger partial charge in [0, 0.05) is 37.1 Å². The van der Waals surface area contributed by atoms with E-state index in [1.807, 2.05) is 12.1 Å². The summed E-state index contributed by atoms with van der Waals surface area (Å²) in [7, 11) is 0. The molecule has 2 aromatic heterocycles. The van der Waals surface area contributed by atoms with Crippen molar-refractivity contribution in [3.8, 4) is 11.3 Å². The molecule has 0 spiro atoms. The molecule has 132 valence electrons. The summed E-state index contributed by atoms with van der Waals surface area (Å²) < 4.78 is 1.65. The minimum Gasteiger partial charge on any atom is -0.303 e. The Balaban J connectivity index is 1.38. The molecule has 0 radical (unpaired) electrons. The van der Waals surface area contributed by atoms with Crippen molar-refractivity contribution in [1.29, 1.82) is 0 Å². The van der Waals surface area contributed by atoms with Crippen molar-refractivity contribution < 1.29 is 0 Å². The third-order valence-corrected chi connectivity index (χ3v) is 5.72. The van der Waals surface area contributed by atoms with E-state index < -0.39 is 0 Å². The van der Waals surface area contributed by atoms with Crippen molar-refractivity contribution in [2.24, 2.45) is 11.8 Å². The maximum Gasteiger partial charge on any atom is 0.266 e. The molecule has 0 bridgehead atoms. The molecule has 1 aliphatic heterocycles. The van der Waals surface area contributed by atoms with Crippen LogP contribution in [0.15, 0.2) is 41.5 Å². The number of likely N-dealkylation sites (tertiary alicyclic amines) is 1. The van der Waals surface area contributed by atoms with E-state index in [9.17, 15) is 4.79 Å². The zero-order valence-electron chi connectivity index (χ0n) is 14.7. The van der Waals surface area contributed by atoms with Gasteiger partial charge in [0.15, 0.2) is 0 Å². The Morgan fingerprint density at radius 1 is 0.920 bits per heavy atom. The smallest absolute Gasteiger partial charge is 0.266 e. The van der Waals surface area contributed by atoms with Crippen molar-refractivity contribution in [3.05, 3.63) is 47.0 Å². The molecule has 0 aromatic carbocycles. The molecule has 1 saturated carbocycles. The fourth-order valence-corrected chi connectivity index (χ4v) is 3.89. The third kappa shape index (κ3) is 3.98. The highest BCUT2D eigenvalue weighted by Crippen LogP contribution is 2.29. The Labute approximate surface area is 148 Å². The summed E-state index contributed by atoms with van der Waals surface area (Å²) in [5, 5.41) is 4.59. The summed E-state index contributed by atoms with van der Waals surface area (Å²) in [6, 6.07) is 7.29. The largest absolute Gasteiger partial charge is 0.303 e. The number of hydrogen-bond donors (Lipinski definition) is 0. The predicted octanol–water partition coefficient (Wildman–Crippen LogP) is 2.82. The maximum absolute atomic E-state index is 12.2. The summed E-state index contributed by atoms with van der Waals surface area (Å²) in [5.74, 6) is 1.49. The second-order valence-corrected chi connectivity index (χ2v) is 7.52. The van der Waals surface area contributed by atoms with Gasteiger partial charge >= 0.3 is 0 Å². The number of aromatic nitrogens is 3. The average Bonchev–Trinajstić information content (AvgIpc) is 2.62. The molecule has 0 N–H and O–H groups in total. The Hall–Kier alpha value is -2.01. The van der Waals surface area contributed by atoms with Gasteiger partial charge in [-0.3, -0.25) is 9.78 Å². The van der Waals surface area contributed by atoms with Crippen LogP contribution in [0.5, 0.6) is 0 Å². The van der Waals surface area contributed by atoms with Crippen LogP contribution in [0.2, 0.25) is 0 Å². The van der Waals surface area contributed by atoms with Crippen molar-refractivity contribution >= 4 is 0 Å². The van der Waals surface area contributed by atoms with Gasteiger partial charge in [-0.25, -0.2) is 4.68 Å². The van der Waals surface area contributed by atoms with Crippen LogP contribution in [-0.4, -0.2) is 39.3 Å². The molecule has 2 fully saturated rings. The van der Waals surface area contributed by atoms with Gasteiger partial charge in [-0.05, 0) is 68.8 Å². The van der Waals surface area contributed by atoms with Gasteiger partial charge in [-0.15, -0.1) is 0 Å². The van der Waals surface area contributed by atoms with E-state index in [1.54, 1.807) is 29.2 Å². The van der Waals surface area contributed by atoms with Crippen LogP contribution in [0.4, 0.5) is 0 Å². The summed E-state index contributed by atoms with van der Waals surface area (Å²) >= 11 is 0. The van der Waals surface area contributed by atoms with Crippen LogP contribution in [0.3, 0.4) is 0 Å². The quantitative estimate of drug-likeness (QED) is 0.841. The first-order valence-corrected chi connectivity index (χ1v) is 9.49. The predicted molar refractivity (Wildman–Crippen MR) is 98.2 cm³/mol. The van der Waals surface area contributed by atoms with Gasteiger partial charge in [-0.2, -0.15) is 5.10 Å². The first kappa shape index (κ1) is 16.5. The highest BCUT2D eigenvalue weighted by Gasteiger charge is 2.25. The van der Waals surface area contributed by atoms with Gasteiger partial charge in [-0.1, -0.05) is 6.42 Å². The highest BCUT2D eigenvalue weighted by atomic mass is 16.1. The minimum atomic E-state index is -0.00490. The van der Waals surface area contributed by atoms with E-state index in [0.29, 0.717) is 5.92 Å². The molecule has 0 atom stereocenters. The van der Waals surface area contributed by atoms with Crippen LogP contribution in [0.25, 0.3) is 11.3 Å². The highest BCUT2D eigenvalue weighted by molar-refractivity contribution is 5.56. The Bertz CT molecular complexity index is 746. The van der Waals surface area contributed by atoms with E-state index in [4.69, 9.17) is 0 Å². The number of piperidine rings is 1. The average molecular weight is 338 g/mol. The molecular formula is C20H26N4O. The van der Waals surface area contributed by atoms with Crippen molar-refractivity contribution in [2.45, 2.75) is 38.6 Å². The lowest BCUT2D eigenvalue weighted by Gasteiger charge is -2.36. The molecule has 3 heterocycles. The first-order valence-electron chi connectivity index (χ1n) is 9.49. The van der Waals surface area contributed by atoms with Crippen molar-refractivity contribution in [3.63, 3.8) is 0 Å². The Kier molecular flexibility index (Phi) is 4.92. The standard InChI is InChI=1S/C20H26N4O/c25-20-5-4-19(18-6-10-21-11-7-18)22-24(20)15-17-8-12-23(13-9-17)14-16-2-1-3-16/h4-7,10-11,16-17H,1-3,8-9,12-15H2. The fourth-order valence-electron chi connectivity index (χ4n) is 3.89. The van der Waals surface area contributed by atoms with Crippen LogP contribution in [-0.2, 0) is 6.54 Å². The molecule has 0 unspecified atom stereocenters. The lowest BCUT2D eigenvalue weighted by molar-refractivity contribution is 0.124. The molecule has 2 aromatic rings. The number of pyridine rings is 1. The third-order valence-electron chi connectivity index (χ3n) is 5.72. The summed E-state index contributed by atoms with van der Waals surface area (Å²) in [6.07, 6.45) is 10.1. The Morgan fingerprint density at radius 3 is 2.32 bits per heavy atom. The zero-order valence-corrected chi connectivity index (χ0v) is 14.7. The van der Waals surface area contributed by atoms with Crippen molar-refractivity contribution in [2.75, 3.05) is 19.6 Å². The van der Waals surface area contributed by atoms with Gasteiger partial charge in [0.1, 0.15) is 0 Å². The van der Waals surface area contributed by atoms with E-state index >= 15 is 0 Å². The number of rotatable bonds is 5. The van der Waals surface area contributed by atoms with Gasteiger partial charge < -0.3 is 4.90 Å². The molecular weight excluding hydrogens is 312 g/mol. The molecule has 0 amide bonds. The second-order valence-electron chi connectivity index (χ2n) is 7.52. The fraction of sp³-hybridized carbons (Fsp3) is 0.550. The van der Waals surface area contributed by atoms with Gasteiger partial charge in [0.25, 0.3) is 5.56 Å². The van der Waals surface area contributed by atoms with E-state index in [0.717, 1.165) is 23.7 Å². The van der Waals surface area contributed by atoms with Crippen LogP contribution < -0.4 is 5.56 Å². The molecule has 1 aliphatic carbocycles. The molecule has 1 saturated heterocycles. The topological polar surface area (TPSA) is 51.0 Å². The molecule has 25 heavy (non-hydrogen) atoms. The number of nitrogens with zero attached hydrogens (tertiary/aromatic N) is 4. The van der Waals surface area contributed by atoms with E-state index in [-0.39, 0.29) is 5.56 Å². The van der Waals surface area contributed by atoms with Gasteiger partial charge in [0.2, 0.25) is 0 Å². The van der Waals surface area contributed by atoms with E-state index in [2.05, 4.69) is 15.0 Å². The second kappa shape index (κ2) is 7.48. The molecule has 5 heteroatoms. The first-order chi connectivity index (χ1) is 12.3. The minimum absolute atomic E-state index is 0.00490. The SMILES string of the molecule is O=c1ccc(-c2ccncc2)nn1CC1CCN(CC2CCC2)CC1. The lowest BCUT2D eigenvalue weighted by atomic mass is 9.84. The maximum atomic E-state index is 12.2. The zero-order chi connectivity index (χ0) is 17.1. The monoisotopic (exact) mass is 338 g/mol. The van der Waals surface area contributed by atoms with E-state index in [1.165, 1.54) is 51.7 Å². The summed E-state index contributed by atoms with van der Waals surface area (Å²) in [6.45, 7) is 4.34. The van der Waals surface area contributed by atoms with Crippen LogP contribution in [0.1, 0.15) is 32.1 Å². The summed E-state index contributed by atoms with van der Waals surface area (Å²) in [5.41, 5.74) is 1.83. The van der Waals surface area contributed by atoms with Crippen molar-refractivity contribution in [1.82, 2.24) is 19.7 Å². The van der Waals surface area contributed by atoms with Crippen LogP contribution >= 0.6 is 0 Å². The molecule has 2 aliphatic rings. The number of hydrogen-bond acceptors (Lipinski definition) is 4. The lowest BCUT2D eigenvalue weighted by Crippen LogP contribution is -2.40. The molecule has 5 nitrogen and oxygen atoms in total. The normalized spacial score (nSPS) is 19.7. The van der Waals surface area contributed by atoms with Gasteiger partial charge in [0.05, 0.1) is 5.69 Å². The molecule has 4 rings (SSSR count). The Morgan fingerprint density at radius 2 is 1.64 bits per heavy atom. The van der Waals surface area contributed by atoms with Crippen LogP contribution in [0, 0.1) is 11.8 Å².